The van der Waals surface area contributed by atoms with E-state index in [0.717, 1.165) is 37.1 Å². The van der Waals surface area contributed by atoms with Crippen LogP contribution in [-0.2, 0) is 4.79 Å². The summed E-state index contributed by atoms with van der Waals surface area (Å²) in [6.07, 6.45) is 3.95. The number of hydrogen-bond acceptors (Lipinski definition) is 3. The number of ether oxygens (including phenoxy) is 1. The summed E-state index contributed by atoms with van der Waals surface area (Å²) in [6, 6.07) is 7.50. The van der Waals surface area contributed by atoms with Crippen LogP contribution in [0.15, 0.2) is 24.3 Å². The highest BCUT2D eigenvalue weighted by Crippen LogP contribution is 2.32. The van der Waals surface area contributed by atoms with Crippen molar-refractivity contribution in [3.05, 3.63) is 24.3 Å². The van der Waals surface area contributed by atoms with Crippen molar-refractivity contribution in [2.24, 2.45) is 11.7 Å². The van der Waals surface area contributed by atoms with Crippen molar-refractivity contribution in [2.75, 3.05) is 5.32 Å². The molecule has 2 rings (SSSR count). The molecule has 0 aliphatic heterocycles. The summed E-state index contributed by atoms with van der Waals surface area (Å²) in [5.41, 5.74) is 6.44. The fraction of sp³-hybridized carbons (Fsp3) is 0.611. The summed E-state index contributed by atoms with van der Waals surface area (Å²) in [7, 11) is 0. The first-order valence-corrected chi connectivity index (χ1v) is 8.06. The second kappa shape index (κ2) is 6.29. The lowest BCUT2D eigenvalue weighted by Gasteiger charge is -2.37. The Bertz CT molecular complexity index is 515. The van der Waals surface area contributed by atoms with Gasteiger partial charge in [0.1, 0.15) is 11.4 Å². The fourth-order valence-corrected chi connectivity index (χ4v) is 2.98. The minimum atomic E-state index is -0.405. The summed E-state index contributed by atoms with van der Waals surface area (Å²) in [4.78, 5) is 12.5. The van der Waals surface area contributed by atoms with E-state index >= 15 is 0 Å². The molecule has 0 aromatic heterocycles. The van der Waals surface area contributed by atoms with Crippen molar-refractivity contribution in [3.8, 4) is 5.75 Å². The van der Waals surface area contributed by atoms with E-state index in [4.69, 9.17) is 10.5 Å². The van der Waals surface area contributed by atoms with Crippen LogP contribution in [0.4, 0.5) is 5.69 Å². The van der Waals surface area contributed by atoms with Gasteiger partial charge >= 0.3 is 0 Å². The van der Waals surface area contributed by atoms with Crippen molar-refractivity contribution in [1.29, 1.82) is 0 Å². The molecule has 3 N–H and O–H groups in total. The molecule has 0 bridgehead atoms. The highest BCUT2D eigenvalue weighted by molar-refractivity contribution is 5.93. The fourth-order valence-electron chi connectivity index (χ4n) is 2.98. The maximum absolute atomic E-state index is 12.5. The second-order valence-electron chi connectivity index (χ2n) is 7.53. The van der Waals surface area contributed by atoms with Crippen LogP contribution in [0.5, 0.6) is 5.75 Å². The van der Waals surface area contributed by atoms with Crippen molar-refractivity contribution >= 4 is 11.6 Å². The van der Waals surface area contributed by atoms with Crippen molar-refractivity contribution in [3.63, 3.8) is 0 Å². The van der Waals surface area contributed by atoms with Crippen LogP contribution in [0.25, 0.3) is 0 Å². The van der Waals surface area contributed by atoms with Gasteiger partial charge in [-0.05, 0) is 64.8 Å². The number of rotatable bonds is 3. The van der Waals surface area contributed by atoms with Crippen LogP contribution in [0.2, 0.25) is 0 Å². The molecule has 22 heavy (non-hydrogen) atoms. The lowest BCUT2D eigenvalue weighted by molar-refractivity contribution is -0.122. The highest BCUT2D eigenvalue weighted by Gasteiger charge is 2.37. The smallest absolute Gasteiger partial charge is 0.229 e. The molecule has 2 atom stereocenters. The molecule has 1 aliphatic carbocycles. The molecule has 1 aliphatic rings. The Hall–Kier alpha value is -1.55. The molecule has 4 nitrogen and oxygen atoms in total. The Morgan fingerprint density at radius 3 is 2.45 bits per heavy atom. The van der Waals surface area contributed by atoms with E-state index < -0.39 is 5.54 Å². The van der Waals surface area contributed by atoms with Crippen LogP contribution in [0, 0.1) is 5.92 Å². The zero-order valence-electron chi connectivity index (χ0n) is 14.1. The summed E-state index contributed by atoms with van der Waals surface area (Å²) >= 11 is 0. The van der Waals surface area contributed by atoms with Gasteiger partial charge in [-0.25, -0.2) is 0 Å². The molecule has 0 saturated heterocycles. The van der Waals surface area contributed by atoms with Gasteiger partial charge in [0.05, 0.1) is 5.92 Å². The summed E-state index contributed by atoms with van der Waals surface area (Å²) in [5, 5.41) is 2.98. The molecule has 2 unspecified atom stereocenters. The summed E-state index contributed by atoms with van der Waals surface area (Å²) in [6.45, 7) is 8.01. The highest BCUT2D eigenvalue weighted by atomic mass is 16.5. The summed E-state index contributed by atoms with van der Waals surface area (Å²) < 4.78 is 5.78. The number of benzene rings is 1. The van der Waals surface area contributed by atoms with E-state index in [1.807, 2.05) is 52.0 Å². The number of nitrogens with one attached hydrogen (secondary N) is 1. The first kappa shape index (κ1) is 16.8. The summed E-state index contributed by atoms with van der Waals surface area (Å²) in [5.74, 6) is 0.702. The maximum atomic E-state index is 12.5. The van der Waals surface area contributed by atoms with Crippen LogP contribution < -0.4 is 15.8 Å². The molecule has 0 heterocycles. The molecule has 1 fully saturated rings. The zero-order chi connectivity index (χ0) is 16.4. The number of hydrogen-bond donors (Lipinski definition) is 2. The normalized spacial score (nSPS) is 25.6. The van der Waals surface area contributed by atoms with Gasteiger partial charge in [0, 0.05) is 11.2 Å². The number of carbonyl (C=O) groups excluding carboxylic acids is 1. The third kappa shape index (κ3) is 4.47. The van der Waals surface area contributed by atoms with Gasteiger partial charge in [-0.15, -0.1) is 0 Å². The molecular weight excluding hydrogens is 276 g/mol. The predicted octanol–water partition coefficient (Wildman–Crippen LogP) is 3.71. The van der Waals surface area contributed by atoms with Gasteiger partial charge in [0.2, 0.25) is 5.91 Å². The van der Waals surface area contributed by atoms with E-state index in [1.54, 1.807) is 0 Å². The quantitative estimate of drug-likeness (QED) is 0.894. The van der Waals surface area contributed by atoms with Gasteiger partial charge in [-0.3, -0.25) is 4.79 Å². The number of nitrogens with two attached hydrogens (primary N) is 1. The zero-order valence-corrected chi connectivity index (χ0v) is 14.1. The second-order valence-corrected chi connectivity index (χ2v) is 7.53. The molecule has 0 radical (unpaired) electrons. The number of amides is 1. The molecule has 122 valence electrons. The third-order valence-electron chi connectivity index (χ3n) is 4.12. The third-order valence-corrected chi connectivity index (χ3v) is 4.12. The topological polar surface area (TPSA) is 64.3 Å². The minimum absolute atomic E-state index is 0.0224. The van der Waals surface area contributed by atoms with E-state index in [2.05, 4.69) is 5.32 Å². The maximum Gasteiger partial charge on any atom is 0.229 e. The van der Waals surface area contributed by atoms with Crippen LogP contribution in [0.3, 0.4) is 0 Å². The largest absolute Gasteiger partial charge is 0.488 e. The average Bonchev–Trinajstić information content (AvgIpc) is 2.38. The molecular formula is C18H28N2O2. The number of carbonyl (C=O) groups is 1. The number of anilines is 1. The van der Waals surface area contributed by atoms with E-state index in [1.165, 1.54) is 0 Å². The molecule has 1 aromatic carbocycles. The average molecular weight is 304 g/mol. The lowest BCUT2D eigenvalue weighted by atomic mass is 9.74. The Morgan fingerprint density at radius 2 is 1.91 bits per heavy atom. The SMILES string of the molecule is CC(C)(C)Oc1ccc(NC(=O)C2CCCCC2(C)N)cc1. The molecule has 1 amide bonds. The van der Waals surface area contributed by atoms with Gasteiger partial charge in [-0.1, -0.05) is 12.8 Å². The Morgan fingerprint density at radius 1 is 1.27 bits per heavy atom. The van der Waals surface area contributed by atoms with Gasteiger partial charge in [0.15, 0.2) is 0 Å². The lowest BCUT2D eigenvalue weighted by Crippen LogP contribution is -2.51. The van der Waals surface area contributed by atoms with Crippen molar-refractivity contribution < 1.29 is 9.53 Å². The van der Waals surface area contributed by atoms with Crippen molar-refractivity contribution in [1.82, 2.24) is 0 Å². The Kier molecular flexibility index (Phi) is 4.81. The van der Waals surface area contributed by atoms with Crippen LogP contribution >= 0.6 is 0 Å². The van der Waals surface area contributed by atoms with Gasteiger partial charge < -0.3 is 15.8 Å². The minimum Gasteiger partial charge on any atom is -0.488 e. The van der Waals surface area contributed by atoms with E-state index in [0.29, 0.717) is 0 Å². The standard InChI is InChI=1S/C18H28N2O2/c1-17(2,3)22-14-10-8-13(9-11-14)20-16(21)15-7-5-6-12-18(15,4)19/h8-11,15H,5-7,12,19H2,1-4H3,(H,20,21). The first-order valence-electron chi connectivity index (χ1n) is 8.06. The Balaban J connectivity index is 2.00. The van der Waals surface area contributed by atoms with Gasteiger partial charge in [0.25, 0.3) is 0 Å². The van der Waals surface area contributed by atoms with Gasteiger partial charge in [-0.2, -0.15) is 0 Å². The van der Waals surface area contributed by atoms with Crippen LogP contribution in [-0.4, -0.2) is 17.0 Å². The Labute approximate surface area is 133 Å². The molecule has 4 heteroatoms. The van der Waals surface area contributed by atoms with Crippen molar-refractivity contribution in [2.45, 2.75) is 64.5 Å². The van der Waals surface area contributed by atoms with Crippen LogP contribution in [0.1, 0.15) is 53.4 Å². The predicted molar refractivity (Wildman–Crippen MR) is 90.0 cm³/mol. The van der Waals surface area contributed by atoms with E-state index in [-0.39, 0.29) is 17.4 Å². The van der Waals surface area contributed by atoms with E-state index in [9.17, 15) is 4.79 Å². The first-order chi connectivity index (χ1) is 10.2. The molecule has 1 aromatic rings. The monoisotopic (exact) mass is 304 g/mol. The molecule has 0 spiro atoms. The molecule has 1 saturated carbocycles.